The molecule has 3 nitrogen and oxygen atoms in total. The number of hydrogen-bond donors (Lipinski definition) is 1. The molecule has 0 amide bonds. The summed E-state index contributed by atoms with van der Waals surface area (Å²) in [6.07, 6.45) is 5.09. The molecule has 0 aromatic rings. The fourth-order valence-corrected chi connectivity index (χ4v) is 3.33. The molecule has 0 aromatic heterocycles. The first-order valence-corrected chi connectivity index (χ1v) is 6.55. The van der Waals surface area contributed by atoms with Gasteiger partial charge in [0, 0.05) is 25.9 Å². The number of piperidine rings is 1. The summed E-state index contributed by atoms with van der Waals surface area (Å²) in [4.78, 5) is 0. The van der Waals surface area contributed by atoms with Crippen LogP contribution < -0.4 is 5.32 Å². The second-order valence-corrected chi connectivity index (χ2v) is 5.62. The minimum Gasteiger partial charge on any atom is -0.383 e. The first-order chi connectivity index (χ1) is 7.73. The first kappa shape index (κ1) is 12.3. The Balaban J connectivity index is 1.90. The van der Waals surface area contributed by atoms with Crippen LogP contribution in [0.5, 0.6) is 0 Å². The van der Waals surface area contributed by atoms with Gasteiger partial charge in [0.1, 0.15) is 0 Å². The lowest BCUT2D eigenvalue weighted by Crippen LogP contribution is -2.53. The van der Waals surface area contributed by atoms with Gasteiger partial charge in [0.25, 0.3) is 0 Å². The molecule has 2 saturated heterocycles. The molecule has 0 bridgehead atoms. The Morgan fingerprint density at radius 2 is 2.00 bits per heavy atom. The minimum atomic E-state index is 0.190. The maximum atomic E-state index is 5.45. The average Bonchev–Trinajstić information content (AvgIpc) is 2.30. The number of hydrogen-bond acceptors (Lipinski definition) is 3. The quantitative estimate of drug-likeness (QED) is 0.798. The van der Waals surface area contributed by atoms with Crippen LogP contribution in [-0.4, -0.2) is 39.0 Å². The Morgan fingerprint density at radius 3 is 2.69 bits per heavy atom. The van der Waals surface area contributed by atoms with Gasteiger partial charge >= 0.3 is 0 Å². The summed E-state index contributed by atoms with van der Waals surface area (Å²) in [5.41, 5.74) is 0.190. The van der Waals surface area contributed by atoms with Crippen molar-refractivity contribution in [3.63, 3.8) is 0 Å². The molecule has 2 fully saturated rings. The van der Waals surface area contributed by atoms with Crippen LogP contribution in [0.3, 0.4) is 0 Å². The van der Waals surface area contributed by atoms with Crippen molar-refractivity contribution >= 4 is 0 Å². The molecule has 2 aliphatic heterocycles. The van der Waals surface area contributed by atoms with Crippen molar-refractivity contribution in [1.82, 2.24) is 5.32 Å². The lowest BCUT2D eigenvalue weighted by molar-refractivity contribution is 0.0167. The van der Waals surface area contributed by atoms with Crippen molar-refractivity contribution in [2.24, 2.45) is 11.8 Å². The summed E-state index contributed by atoms with van der Waals surface area (Å²) in [6.45, 7) is 6.20. The zero-order valence-electron chi connectivity index (χ0n) is 10.6. The summed E-state index contributed by atoms with van der Waals surface area (Å²) >= 11 is 0. The van der Waals surface area contributed by atoms with Crippen molar-refractivity contribution in [3.8, 4) is 0 Å². The maximum absolute atomic E-state index is 5.45. The minimum absolute atomic E-state index is 0.190. The summed E-state index contributed by atoms with van der Waals surface area (Å²) in [6, 6.07) is 0. The van der Waals surface area contributed by atoms with Gasteiger partial charge in [-0.05, 0) is 51.0 Å². The van der Waals surface area contributed by atoms with E-state index in [2.05, 4.69) is 12.2 Å². The van der Waals surface area contributed by atoms with E-state index in [0.717, 1.165) is 38.2 Å². The molecule has 0 aromatic carbocycles. The first-order valence-electron chi connectivity index (χ1n) is 6.55. The third-order valence-electron chi connectivity index (χ3n) is 4.18. The topological polar surface area (TPSA) is 30.5 Å². The molecule has 0 saturated carbocycles. The van der Waals surface area contributed by atoms with Gasteiger partial charge in [0.05, 0.1) is 6.61 Å². The Morgan fingerprint density at radius 1 is 1.25 bits per heavy atom. The average molecular weight is 227 g/mol. The van der Waals surface area contributed by atoms with Gasteiger partial charge in [-0.25, -0.2) is 0 Å². The van der Waals surface area contributed by atoms with E-state index in [0.29, 0.717) is 0 Å². The molecule has 2 heterocycles. The van der Waals surface area contributed by atoms with Gasteiger partial charge in [0.2, 0.25) is 0 Å². The normalized spacial score (nSPS) is 37.5. The maximum Gasteiger partial charge on any atom is 0.0641 e. The van der Waals surface area contributed by atoms with Crippen LogP contribution in [0.25, 0.3) is 0 Å². The molecular formula is C13H25NO2. The highest BCUT2D eigenvalue weighted by molar-refractivity contribution is 4.92. The van der Waals surface area contributed by atoms with E-state index in [1.807, 2.05) is 0 Å². The largest absolute Gasteiger partial charge is 0.383 e. The second-order valence-electron chi connectivity index (χ2n) is 5.62. The highest BCUT2D eigenvalue weighted by Crippen LogP contribution is 2.35. The van der Waals surface area contributed by atoms with Gasteiger partial charge in [-0.3, -0.25) is 0 Å². The summed E-state index contributed by atoms with van der Waals surface area (Å²) < 4.78 is 10.8. The van der Waals surface area contributed by atoms with E-state index in [1.54, 1.807) is 7.11 Å². The smallest absolute Gasteiger partial charge is 0.0641 e. The van der Waals surface area contributed by atoms with Crippen molar-refractivity contribution in [3.05, 3.63) is 0 Å². The SMILES string of the molecule is COCC1(C)CC(C2CCOCC2)CCN1. The van der Waals surface area contributed by atoms with Gasteiger partial charge in [0.15, 0.2) is 0 Å². The summed E-state index contributed by atoms with van der Waals surface area (Å²) in [5, 5.41) is 3.61. The molecule has 1 N–H and O–H groups in total. The van der Waals surface area contributed by atoms with Crippen molar-refractivity contribution in [2.75, 3.05) is 33.5 Å². The molecule has 0 spiro atoms. The predicted molar refractivity (Wildman–Crippen MR) is 64.6 cm³/mol. The van der Waals surface area contributed by atoms with Crippen molar-refractivity contribution < 1.29 is 9.47 Å². The van der Waals surface area contributed by atoms with Crippen LogP contribution in [0.4, 0.5) is 0 Å². The van der Waals surface area contributed by atoms with Gasteiger partial charge < -0.3 is 14.8 Å². The van der Waals surface area contributed by atoms with Crippen LogP contribution >= 0.6 is 0 Å². The van der Waals surface area contributed by atoms with Crippen LogP contribution in [0.15, 0.2) is 0 Å². The van der Waals surface area contributed by atoms with Crippen LogP contribution in [0.2, 0.25) is 0 Å². The third-order valence-corrected chi connectivity index (χ3v) is 4.18. The lowest BCUT2D eigenvalue weighted by atomic mass is 9.74. The standard InChI is InChI=1S/C13H25NO2/c1-13(10-15-2)9-12(3-6-14-13)11-4-7-16-8-5-11/h11-12,14H,3-10H2,1-2H3. The van der Waals surface area contributed by atoms with Gasteiger partial charge in [-0.1, -0.05) is 0 Å². The van der Waals surface area contributed by atoms with E-state index in [9.17, 15) is 0 Å². The monoisotopic (exact) mass is 227 g/mol. The molecule has 2 aliphatic rings. The molecule has 2 rings (SSSR count). The number of nitrogens with one attached hydrogen (secondary N) is 1. The molecule has 94 valence electrons. The zero-order valence-corrected chi connectivity index (χ0v) is 10.6. The molecule has 0 radical (unpaired) electrons. The van der Waals surface area contributed by atoms with E-state index in [4.69, 9.17) is 9.47 Å². The van der Waals surface area contributed by atoms with E-state index >= 15 is 0 Å². The Bertz CT molecular complexity index is 212. The molecule has 2 atom stereocenters. The van der Waals surface area contributed by atoms with Crippen molar-refractivity contribution in [1.29, 1.82) is 0 Å². The van der Waals surface area contributed by atoms with E-state index in [-0.39, 0.29) is 5.54 Å². The van der Waals surface area contributed by atoms with E-state index < -0.39 is 0 Å². The molecule has 3 heteroatoms. The second kappa shape index (κ2) is 5.48. The molecule has 16 heavy (non-hydrogen) atoms. The van der Waals surface area contributed by atoms with Crippen LogP contribution in [0, 0.1) is 11.8 Å². The Labute approximate surface area is 98.9 Å². The van der Waals surface area contributed by atoms with Crippen LogP contribution in [0.1, 0.15) is 32.6 Å². The fourth-order valence-electron chi connectivity index (χ4n) is 3.33. The van der Waals surface area contributed by atoms with Gasteiger partial charge in [-0.15, -0.1) is 0 Å². The highest BCUT2D eigenvalue weighted by atomic mass is 16.5. The number of ether oxygens (including phenoxy) is 2. The fraction of sp³-hybridized carbons (Fsp3) is 1.00. The lowest BCUT2D eigenvalue weighted by Gasteiger charge is -2.42. The summed E-state index contributed by atoms with van der Waals surface area (Å²) in [5.74, 6) is 1.75. The van der Waals surface area contributed by atoms with Crippen LogP contribution in [-0.2, 0) is 9.47 Å². The zero-order chi connectivity index (χ0) is 11.4. The molecular weight excluding hydrogens is 202 g/mol. The summed E-state index contributed by atoms with van der Waals surface area (Å²) in [7, 11) is 1.80. The molecule has 0 aliphatic carbocycles. The van der Waals surface area contributed by atoms with E-state index in [1.165, 1.54) is 25.7 Å². The Kier molecular flexibility index (Phi) is 4.22. The molecule has 2 unspecified atom stereocenters. The Hall–Kier alpha value is -0.120. The number of methoxy groups -OCH3 is 1. The third kappa shape index (κ3) is 2.96. The highest BCUT2D eigenvalue weighted by Gasteiger charge is 2.35. The van der Waals surface area contributed by atoms with Crippen molar-refractivity contribution in [2.45, 2.75) is 38.1 Å². The number of rotatable bonds is 3. The van der Waals surface area contributed by atoms with Gasteiger partial charge in [-0.2, -0.15) is 0 Å². The predicted octanol–water partition coefficient (Wildman–Crippen LogP) is 1.82.